The maximum atomic E-state index is 13.2. The maximum absolute atomic E-state index is 13.2. The minimum atomic E-state index is -0.168. The largest absolute Gasteiger partial charge is 0.355 e. The van der Waals surface area contributed by atoms with Gasteiger partial charge in [-0.15, -0.1) is 24.0 Å². The van der Waals surface area contributed by atoms with Gasteiger partial charge in [0, 0.05) is 26.7 Å². The van der Waals surface area contributed by atoms with Crippen LogP contribution in [0.5, 0.6) is 0 Å². The molecule has 0 radical (unpaired) electrons. The van der Waals surface area contributed by atoms with Gasteiger partial charge in [0.1, 0.15) is 5.82 Å². The SMILES string of the molecule is CCN(C)CCNC(=NC)NCc1ccc(F)c(C)c1.I. The van der Waals surface area contributed by atoms with Crippen molar-refractivity contribution in [3.63, 3.8) is 0 Å². The Morgan fingerprint density at radius 2 is 2.05 bits per heavy atom. The van der Waals surface area contributed by atoms with Crippen molar-refractivity contribution in [2.45, 2.75) is 20.4 Å². The number of guanidine groups is 1. The molecule has 0 unspecified atom stereocenters. The number of hydrogen-bond acceptors (Lipinski definition) is 2. The number of halogens is 2. The molecule has 0 saturated carbocycles. The first-order valence-corrected chi connectivity index (χ1v) is 6.95. The monoisotopic (exact) mass is 408 g/mol. The molecular weight excluding hydrogens is 382 g/mol. The molecule has 2 N–H and O–H groups in total. The van der Waals surface area contributed by atoms with Gasteiger partial charge in [-0.05, 0) is 37.7 Å². The van der Waals surface area contributed by atoms with Crippen LogP contribution in [0, 0.1) is 12.7 Å². The molecule has 1 rings (SSSR count). The molecule has 0 aromatic heterocycles. The summed E-state index contributed by atoms with van der Waals surface area (Å²) < 4.78 is 13.2. The Morgan fingerprint density at radius 3 is 2.62 bits per heavy atom. The molecule has 0 atom stereocenters. The zero-order valence-electron chi connectivity index (χ0n) is 13.2. The zero-order valence-corrected chi connectivity index (χ0v) is 15.6. The molecule has 0 aliphatic carbocycles. The van der Waals surface area contributed by atoms with Crippen molar-refractivity contribution in [2.24, 2.45) is 4.99 Å². The highest BCUT2D eigenvalue weighted by molar-refractivity contribution is 14.0. The number of aliphatic imine (C=N–C) groups is 1. The van der Waals surface area contributed by atoms with Crippen LogP contribution in [0.4, 0.5) is 4.39 Å². The molecule has 0 fully saturated rings. The number of nitrogens with zero attached hydrogens (tertiary/aromatic N) is 2. The number of nitrogens with one attached hydrogen (secondary N) is 2. The first-order valence-electron chi connectivity index (χ1n) is 6.95. The van der Waals surface area contributed by atoms with Crippen LogP contribution < -0.4 is 10.6 Å². The number of hydrogen-bond donors (Lipinski definition) is 2. The van der Waals surface area contributed by atoms with Crippen LogP contribution in [-0.2, 0) is 6.54 Å². The van der Waals surface area contributed by atoms with E-state index in [4.69, 9.17) is 0 Å². The maximum Gasteiger partial charge on any atom is 0.191 e. The molecule has 0 heterocycles. The molecule has 0 spiro atoms. The number of rotatable bonds is 6. The lowest BCUT2D eigenvalue weighted by molar-refractivity contribution is 0.357. The van der Waals surface area contributed by atoms with E-state index in [1.54, 1.807) is 20.0 Å². The summed E-state index contributed by atoms with van der Waals surface area (Å²) in [4.78, 5) is 6.39. The Balaban J connectivity index is 0.00000400. The number of benzene rings is 1. The van der Waals surface area contributed by atoms with Gasteiger partial charge in [-0.2, -0.15) is 0 Å². The molecule has 21 heavy (non-hydrogen) atoms. The van der Waals surface area contributed by atoms with Crippen LogP contribution in [0.1, 0.15) is 18.1 Å². The molecule has 120 valence electrons. The fourth-order valence-corrected chi connectivity index (χ4v) is 1.75. The summed E-state index contributed by atoms with van der Waals surface area (Å²) in [6, 6.07) is 5.13. The molecule has 6 heteroatoms. The lowest BCUT2D eigenvalue weighted by atomic mass is 10.1. The van der Waals surface area contributed by atoms with Crippen LogP contribution in [0.15, 0.2) is 23.2 Å². The first kappa shape index (κ1) is 20.1. The molecule has 0 saturated heterocycles. The number of likely N-dealkylation sites (N-methyl/N-ethyl adjacent to an activating group) is 1. The Morgan fingerprint density at radius 1 is 1.33 bits per heavy atom. The molecule has 0 bridgehead atoms. The molecule has 0 amide bonds. The zero-order chi connectivity index (χ0) is 15.0. The van der Waals surface area contributed by atoms with Crippen molar-refractivity contribution >= 4 is 29.9 Å². The summed E-state index contributed by atoms with van der Waals surface area (Å²) in [5.41, 5.74) is 1.70. The second-order valence-electron chi connectivity index (χ2n) is 4.83. The molecule has 0 aliphatic heterocycles. The molecule has 1 aromatic carbocycles. The van der Waals surface area contributed by atoms with Crippen LogP contribution >= 0.6 is 24.0 Å². The smallest absolute Gasteiger partial charge is 0.191 e. The number of aryl methyl sites for hydroxylation is 1. The van der Waals surface area contributed by atoms with Crippen LogP contribution in [-0.4, -0.2) is 44.6 Å². The van der Waals surface area contributed by atoms with Crippen LogP contribution in [0.2, 0.25) is 0 Å². The first-order chi connectivity index (χ1) is 9.56. The van der Waals surface area contributed by atoms with Gasteiger partial charge in [0.15, 0.2) is 5.96 Å². The van der Waals surface area contributed by atoms with Gasteiger partial charge in [-0.1, -0.05) is 19.1 Å². The molecule has 0 aliphatic rings. The standard InChI is InChI=1S/C15H25FN4.HI/c1-5-20(4)9-8-18-15(17-3)19-11-13-6-7-14(16)12(2)10-13;/h6-7,10H,5,8-9,11H2,1-4H3,(H2,17,18,19);1H. The summed E-state index contributed by atoms with van der Waals surface area (Å²) in [6.07, 6.45) is 0. The molecule has 4 nitrogen and oxygen atoms in total. The molecular formula is C15H26FIN4. The van der Waals surface area contributed by atoms with Gasteiger partial charge >= 0.3 is 0 Å². The van der Waals surface area contributed by atoms with Crippen molar-refractivity contribution in [2.75, 3.05) is 33.7 Å². The fraction of sp³-hybridized carbons (Fsp3) is 0.533. The van der Waals surface area contributed by atoms with E-state index >= 15 is 0 Å². The summed E-state index contributed by atoms with van der Waals surface area (Å²) in [5, 5.41) is 6.48. The van der Waals surface area contributed by atoms with E-state index in [0.717, 1.165) is 31.2 Å². The predicted octanol–water partition coefficient (Wildman–Crippen LogP) is 2.37. The van der Waals surface area contributed by atoms with E-state index in [-0.39, 0.29) is 29.8 Å². The summed E-state index contributed by atoms with van der Waals surface area (Å²) >= 11 is 0. The van der Waals surface area contributed by atoms with Gasteiger partial charge < -0.3 is 15.5 Å². The quantitative estimate of drug-likeness (QED) is 0.432. The second-order valence-corrected chi connectivity index (χ2v) is 4.83. The van der Waals surface area contributed by atoms with E-state index in [9.17, 15) is 4.39 Å². The third-order valence-corrected chi connectivity index (χ3v) is 3.23. The van der Waals surface area contributed by atoms with Crippen LogP contribution in [0.25, 0.3) is 0 Å². The van der Waals surface area contributed by atoms with Gasteiger partial charge in [0.25, 0.3) is 0 Å². The van der Waals surface area contributed by atoms with E-state index in [2.05, 4.69) is 34.5 Å². The summed E-state index contributed by atoms with van der Waals surface area (Å²) in [7, 11) is 3.83. The normalized spacial score (nSPS) is 11.2. The van der Waals surface area contributed by atoms with Gasteiger partial charge in [0.05, 0.1) is 0 Å². The van der Waals surface area contributed by atoms with Crippen molar-refractivity contribution in [1.82, 2.24) is 15.5 Å². The third-order valence-electron chi connectivity index (χ3n) is 3.23. The lowest BCUT2D eigenvalue weighted by Crippen LogP contribution is -2.40. The van der Waals surface area contributed by atoms with Crippen molar-refractivity contribution < 1.29 is 4.39 Å². The second kappa shape index (κ2) is 10.8. The Bertz CT molecular complexity index is 451. The highest BCUT2D eigenvalue weighted by atomic mass is 127. The van der Waals surface area contributed by atoms with Crippen molar-refractivity contribution in [1.29, 1.82) is 0 Å². The van der Waals surface area contributed by atoms with Crippen molar-refractivity contribution in [3.05, 3.63) is 35.1 Å². The fourth-order valence-electron chi connectivity index (χ4n) is 1.75. The lowest BCUT2D eigenvalue weighted by Gasteiger charge is -2.16. The van der Waals surface area contributed by atoms with Crippen molar-refractivity contribution in [3.8, 4) is 0 Å². The van der Waals surface area contributed by atoms with E-state index in [1.807, 2.05) is 6.07 Å². The van der Waals surface area contributed by atoms with Gasteiger partial charge in [-0.25, -0.2) is 4.39 Å². The molecule has 1 aromatic rings. The van der Waals surface area contributed by atoms with Gasteiger partial charge in [-0.3, -0.25) is 4.99 Å². The Kier molecular flexibility index (Phi) is 10.3. The minimum absolute atomic E-state index is 0. The van der Waals surface area contributed by atoms with E-state index < -0.39 is 0 Å². The highest BCUT2D eigenvalue weighted by Gasteiger charge is 2.01. The Hall–Kier alpha value is -0.890. The van der Waals surface area contributed by atoms with Crippen LogP contribution in [0.3, 0.4) is 0 Å². The average molecular weight is 408 g/mol. The highest BCUT2D eigenvalue weighted by Crippen LogP contribution is 2.08. The summed E-state index contributed by atoms with van der Waals surface area (Å²) in [6.45, 7) is 7.36. The predicted molar refractivity (Wildman–Crippen MR) is 97.9 cm³/mol. The summed E-state index contributed by atoms with van der Waals surface area (Å²) in [5.74, 6) is 0.593. The average Bonchev–Trinajstić information content (AvgIpc) is 2.45. The Labute approximate surface area is 144 Å². The van der Waals surface area contributed by atoms with Gasteiger partial charge in [0.2, 0.25) is 0 Å². The van der Waals surface area contributed by atoms with E-state index in [1.165, 1.54) is 6.07 Å². The third kappa shape index (κ3) is 7.61. The topological polar surface area (TPSA) is 39.7 Å². The minimum Gasteiger partial charge on any atom is -0.355 e. The van der Waals surface area contributed by atoms with E-state index in [0.29, 0.717) is 12.1 Å².